The number of carbonyl (C=O) groups is 1. The Labute approximate surface area is 280 Å². The number of benzene rings is 3. The van der Waals surface area contributed by atoms with Crippen LogP contribution in [0.15, 0.2) is 60.3 Å². The number of nitro groups is 1. The fraction of sp³-hybridized carbons (Fsp3) is 0.294. The van der Waals surface area contributed by atoms with Gasteiger partial charge >= 0.3 is 6.09 Å². The molecule has 1 aromatic heterocycles. The van der Waals surface area contributed by atoms with E-state index >= 15 is 8.78 Å². The molecule has 1 aliphatic rings. The highest BCUT2D eigenvalue weighted by atomic mass is 35.5. The minimum absolute atomic E-state index is 0.0395. The maximum absolute atomic E-state index is 16.6. The summed E-state index contributed by atoms with van der Waals surface area (Å²) in [6.07, 6.45) is 0.648. The first-order chi connectivity index (χ1) is 22.3. The van der Waals surface area contributed by atoms with E-state index in [1.165, 1.54) is 23.1 Å². The molecule has 3 aromatic carbocycles. The third-order valence-electron chi connectivity index (χ3n) is 7.59. The van der Waals surface area contributed by atoms with Crippen LogP contribution in [0.5, 0.6) is 11.5 Å². The minimum Gasteiger partial charge on any atom is -0.497 e. The zero-order valence-corrected chi connectivity index (χ0v) is 27.8. The molecule has 0 unspecified atom stereocenters. The van der Waals surface area contributed by atoms with Gasteiger partial charge in [-0.3, -0.25) is 10.1 Å². The van der Waals surface area contributed by atoms with E-state index in [1.54, 1.807) is 52.1 Å². The number of carbonyl (C=O) groups excluding carboxylic acids is 1. The van der Waals surface area contributed by atoms with Crippen LogP contribution in [0.2, 0.25) is 5.02 Å². The monoisotopic (exact) mass is 683 g/mol. The lowest BCUT2D eigenvalue weighted by Crippen LogP contribution is -2.41. The molecule has 1 amide bonds. The Morgan fingerprint density at radius 2 is 1.85 bits per heavy atom. The Balaban J connectivity index is 1.61. The number of nitrogens with zero attached hydrogens (tertiary/aromatic N) is 3. The topological polar surface area (TPSA) is 104 Å². The molecule has 9 nitrogen and oxygen atoms in total. The van der Waals surface area contributed by atoms with Crippen molar-refractivity contribution in [1.82, 2.24) is 9.88 Å². The maximum atomic E-state index is 16.6. The highest BCUT2D eigenvalue weighted by Crippen LogP contribution is 2.45. The smallest absolute Gasteiger partial charge is 0.410 e. The summed E-state index contributed by atoms with van der Waals surface area (Å²) >= 11 is 11.2. The van der Waals surface area contributed by atoms with Crippen LogP contribution in [0.1, 0.15) is 38.3 Å². The molecule has 4 aromatic rings. The summed E-state index contributed by atoms with van der Waals surface area (Å²) in [7, 11) is 1.55. The number of pyridine rings is 1. The van der Waals surface area contributed by atoms with Gasteiger partial charge in [0.15, 0.2) is 5.82 Å². The average Bonchev–Trinajstić information content (AvgIpc) is 3.03. The van der Waals surface area contributed by atoms with E-state index < -0.39 is 28.3 Å². The average molecular weight is 684 g/mol. The van der Waals surface area contributed by atoms with E-state index in [-0.39, 0.29) is 75.9 Å². The van der Waals surface area contributed by atoms with Crippen molar-refractivity contribution in [1.29, 1.82) is 0 Å². The Bertz CT molecular complexity index is 1900. The van der Waals surface area contributed by atoms with Gasteiger partial charge in [-0.2, -0.15) is 12.6 Å². The Kier molecular flexibility index (Phi) is 9.92. The normalized spacial score (nSPS) is 13.6. The molecule has 0 radical (unpaired) electrons. The van der Waals surface area contributed by atoms with Gasteiger partial charge in [0.1, 0.15) is 41.2 Å². The van der Waals surface area contributed by atoms with Crippen LogP contribution in [-0.4, -0.2) is 52.5 Å². The molecule has 0 saturated carbocycles. The Morgan fingerprint density at radius 1 is 1.13 bits per heavy atom. The predicted octanol–water partition coefficient (Wildman–Crippen LogP) is 8.65. The summed E-state index contributed by atoms with van der Waals surface area (Å²) in [6.45, 7) is 5.61. The highest BCUT2D eigenvalue weighted by molar-refractivity contribution is 7.80. The quantitative estimate of drug-likeness (QED) is 0.113. The van der Waals surface area contributed by atoms with Gasteiger partial charge in [0.25, 0.3) is 5.69 Å². The van der Waals surface area contributed by atoms with Crippen LogP contribution in [0.25, 0.3) is 27.6 Å². The zero-order valence-electron chi connectivity index (χ0n) is 26.1. The number of hydrogen-bond acceptors (Lipinski definition) is 8. The number of fused-ring (bicyclic) bond motifs is 1. The largest absolute Gasteiger partial charge is 0.497 e. The number of rotatable bonds is 8. The van der Waals surface area contributed by atoms with Crippen molar-refractivity contribution in [2.24, 2.45) is 0 Å². The van der Waals surface area contributed by atoms with Crippen molar-refractivity contribution >= 4 is 52.5 Å². The van der Waals surface area contributed by atoms with Crippen molar-refractivity contribution in [3.05, 3.63) is 98.2 Å². The van der Waals surface area contributed by atoms with Crippen molar-refractivity contribution in [2.75, 3.05) is 26.0 Å². The number of aromatic nitrogens is 1. The number of methoxy groups -OCH3 is 1. The fourth-order valence-corrected chi connectivity index (χ4v) is 6.02. The molecule has 1 aliphatic heterocycles. The molecule has 0 fully saturated rings. The molecule has 13 heteroatoms. The van der Waals surface area contributed by atoms with Crippen molar-refractivity contribution in [3.63, 3.8) is 0 Å². The molecule has 0 saturated heterocycles. The van der Waals surface area contributed by atoms with Gasteiger partial charge < -0.3 is 19.1 Å². The summed E-state index contributed by atoms with van der Waals surface area (Å²) in [5, 5.41) is 12.1. The fourth-order valence-electron chi connectivity index (χ4n) is 5.45. The second-order valence-electron chi connectivity index (χ2n) is 11.9. The Hall–Kier alpha value is -4.42. The van der Waals surface area contributed by atoms with Gasteiger partial charge in [0, 0.05) is 29.8 Å². The summed E-state index contributed by atoms with van der Waals surface area (Å²) in [6, 6.07) is 12.5. The first-order valence-electron chi connectivity index (χ1n) is 14.6. The molecule has 5 rings (SSSR count). The SMILES string of the molecule is COc1ccc(COc2cccc(F)c2-c2c(Cl)cc3c(C4=C(CS)CN(C(=O)OC(C)(C)C)CC4)c([N+](=O)[O-])cnc3c2F)cc1. The lowest BCUT2D eigenvalue weighted by molar-refractivity contribution is -0.385. The first-order valence-corrected chi connectivity index (χ1v) is 15.6. The van der Waals surface area contributed by atoms with Gasteiger partial charge in [-0.15, -0.1) is 0 Å². The lowest BCUT2D eigenvalue weighted by atomic mass is 9.89. The molecule has 2 heterocycles. The van der Waals surface area contributed by atoms with E-state index in [9.17, 15) is 14.9 Å². The highest BCUT2D eigenvalue weighted by Gasteiger charge is 2.32. The van der Waals surface area contributed by atoms with Crippen LogP contribution in [0.3, 0.4) is 0 Å². The summed E-state index contributed by atoms with van der Waals surface area (Å²) < 4.78 is 48.7. The molecule has 0 spiro atoms. The molecule has 0 atom stereocenters. The number of thiol groups is 1. The third-order valence-corrected chi connectivity index (χ3v) is 8.27. The summed E-state index contributed by atoms with van der Waals surface area (Å²) in [5.41, 5.74) is 0.185. The Morgan fingerprint density at radius 3 is 2.49 bits per heavy atom. The second kappa shape index (κ2) is 13.7. The molecular formula is C34H32ClF2N3O6S. The molecule has 0 bridgehead atoms. The van der Waals surface area contributed by atoms with Crippen LogP contribution < -0.4 is 9.47 Å². The molecular weight excluding hydrogens is 652 g/mol. The van der Waals surface area contributed by atoms with E-state index in [0.29, 0.717) is 16.9 Å². The standard InChI is InChI=1S/C34H32ClF2N3O6S/c1-34(2,3)46-33(41)39-13-12-22(20(16-39)18-47)28-23-14-24(35)29(31(37)32(23)38-15-26(28)40(42)43)30-25(36)6-5-7-27(30)45-17-19-8-10-21(44-4)11-9-19/h5-11,14-15,47H,12-13,16-18H2,1-4H3. The molecule has 0 aliphatic carbocycles. The lowest BCUT2D eigenvalue weighted by Gasteiger charge is -2.32. The molecule has 0 N–H and O–H groups in total. The predicted molar refractivity (Wildman–Crippen MR) is 179 cm³/mol. The molecule has 47 heavy (non-hydrogen) atoms. The van der Waals surface area contributed by atoms with Gasteiger partial charge in [-0.05, 0) is 74.2 Å². The summed E-state index contributed by atoms with van der Waals surface area (Å²) in [5.74, 6) is -0.897. The summed E-state index contributed by atoms with van der Waals surface area (Å²) in [4.78, 5) is 30.0. The minimum atomic E-state index is -0.970. The third kappa shape index (κ3) is 7.13. The van der Waals surface area contributed by atoms with E-state index in [2.05, 4.69) is 17.6 Å². The number of halogens is 3. The van der Waals surface area contributed by atoms with Gasteiger partial charge in [-0.1, -0.05) is 29.8 Å². The van der Waals surface area contributed by atoms with Crippen LogP contribution in [0.4, 0.5) is 19.3 Å². The van der Waals surface area contributed by atoms with Crippen molar-refractivity contribution in [3.8, 4) is 22.6 Å². The van der Waals surface area contributed by atoms with Gasteiger partial charge in [-0.25, -0.2) is 18.6 Å². The van der Waals surface area contributed by atoms with Gasteiger partial charge in [0.05, 0.1) is 28.2 Å². The second-order valence-corrected chi connectivity index (χ2v) is 12.6. The zero-order chi connectivity index (χ0) is 34.0. The molecule has 246 valence electrons. The van der Waals surface area contributed by atoms with Crippen LogP contribution >= 0.6 is 24.2 Å². The van der Waals surface area contributed by atoms with Crippen molar-refractivity contribution < 1.29 is 32.7 Å². The first kappa shape index (κ1) is 33.9. The van der Waals surface area contributed by atoms with Crippen LogP contribution in [-0.2, 0) is 11.3 Å². The maximum Gasteiger partial charge on any atom is 0.410 e. The van der Waals surface area contributed by atoms with Gasteiger partial charge in [0.2, 0.25) is 0 Å². The van der Waals surface area contributed by atoms with Crippen LogP contribution in [0, 0.1) is 21.7 Å². The van der Waals surface area contributed by atoms with Crippen molar-refractivity contribution in [2.45, 2.75) is 39.4 Å². The number of hydrogen-bond donors (Lipinski definition) is 1. The number of amides is 1. The number of ether oxygens (including phenoxy) is 3. The van der Waals surface area contributed by atoms with E-state index in [1.807, 2.05) is 0 Å². The van der Waals surface area contributed by atoms with E-state index in [4.69, 9.17) is 25.8 Å². The van der Waals surface area contributed by atoms with E-state index in [0.717, 1.165) is 17.8 Å².